The van der Waals surface area contributed by atoms with E-state index in [-0.39, 0.29) is 25.2 Å². The van der Waals surface area contributed by atoms with Gasteiger partial charge in [-0.25, -0.2) is 4.79 Å². The number of nitrogens with one attached hydrogen (secondary N) is 10. The molecule has 0 unspecified atom stereocenters. The number of para-hydroxylation sites is 1. The van der Waals surface area contributed by atoms with E-state index in [1.54, 1.807) is 33.9 Å². The SMILES string of the molecule is CC[C@H](C)[C@H](NC(=O)[C@@H](NC(=O)[C@@H](NC(=O)CNC(=O)[C@H](C)NC(=O)[C@H](Cc1c[nH]c2ccccc12)NC(C)=O)[C@@H](C)O)C(C)C)C(=O)N[C@@H](CC(N)=O)C(=O)N[C@@H](CC(=O)O)C(=O)N[C@@H](CC(C)C)C(=O)O. The van der Waals surface area contributed by atoms with Crippen LogP contribution >= 0.6 is 0 Å². The first-order valence-corrected chi connectivity index (χ1v) is 23.7. The molecule has 15 N–H and O–H groups in total. The van der Waals surface area contributed by atoms with Crippen molar-refractivity contribution in [3.05, 3.63) is 36.0 Å². The summed E-state index contributed by atoms with van der Waals surface area (Å²) in [5.41, 5.74) is 6.92. The van der Waals surface area contributed by atoms with Gasteiger partial charge in [-0.05, 0) is 49.7 Å². The Balaban J connectivity index is 2.17. The molecule has 0 spiro atoms. The predicted molar refractivity (Wildman–Crippen MR) is 261 cm³/mol. The summed E-state index contributed by atoms with van der Waals surface area (Å²) in [5, 5.41) is 51.7. The molecule has 73 heavy (non-hydrogen) atoms. The van der Waals surface area contributed by atoms with Gasteiger partial charge in [-0.1, -0.05) is 66.2 Å². The molecule has 1 aromatic heterocycles. The number of aromatic amines is 1. The number of hydrogen-bond donors (Lipinski definition) is 14. The summed E-state index contributed by atoms with van der Waals surface area (Å²) >= 11 is 0. The van der Waals surface area contributed by atoms with Gasteiger partial charge in [0.05, 0.1) is 25.5 Å². The summed E-state index contributed by atoms with van der Waals surface area (Å²) in [5.74, 6) is -14.1. The number of H-pyrrole nitrogens is 1. The topological polar surface area (TPSA) is 416 Å². The molecule has 1 heterocycles. The largest absolute Gasteiger partial charge is 0.481 e. The third-order valence-electron chi connectivity index (χ3n) is 11.5. The Labute approximate surface area is 421 Å². The van der Waals surface area contributed by atoms with E-state index in [0.717, 1.165) is 16.5 Å². The van der Waals surface area contributed by atoms with Crippen LogP contribution in [0.3, 0.4) is 0 Å². The molecule has 10 amide bonds. The second-order valence-corrected chi connectivity index (χ2v) is 18.6. The number of aliphatic carboxylic acids is 2. The number of hydrogen-bond acceptors (Lipinski definition) is 13. The zero-order valence-corrected chi connectivity index (χ0v) is 42.4. The lowest BCUT2D eigenvalue weighted by atomic mass is 9.95. The van der Waals surface area contributed by atoms with Gasteiger partial charge >= 0.3 is 11.9 Å². The minimum atomic E-state index is -1.87. The van der Waals surface area contributed by atoms with Gasteiger partial charge in [-0.3, -0.25) is 52.7 Å². The van der Waals surface area contributed by atoms with E-state index in [1.165, 1.54) is 34.6 Å². The van der Waals surface area contributed by atoms with Crippen LogP contribution in [0.25, 0.3) is 10.9 Å². The number of carboxylic acid groups (broad SMARTS) is 2. The van der Waals surface area contributed by atoms with Crippen molar-refractivity contribution in [2.24, 2.45) is 23.5 Å². The van der Waals surface area contributed by atoms with Gasteiger partial charge in [0.2, 0.25) is 59.1 Å². The molecule has 10 atom stereocenters. The smallest absolute Gasteiger partial charge is 0.326 e. The number of nitrogens with two attached hydrogens (primary N) is 1. The Morgan fingerprint density at radius 2 is 1.15 bits per heavy atom. The van der Waals surface area contributed by atoms with Crippen molar-refractivity contribution >= 4 is 81.9 Å². The van der Waals surface area contributed by atoms with E-state index in [4.69, 9.17) is 5.73 Å². The highest BCUT2D eigenvalue weighted by Crippen LogP contribution is 2.19. The lowest BCUT2D eigenvalue weighted by Crippen LogP contribution is -2.62. The molecule has 0 bridgehead atoms. The van der Waals surface area contributed by atoms with E-state index in [0.29, 0.717) is 0 Å². The Kier molecular flexibility index (Phi) is 24.4. The minimum absolute atomic E-state index is 0.0396. The molecule has 1 aromatic carbocycles. The van der Waals surface area contributed by atoms with Crippen molar-refractivity contribution in [1.29, 1.82) is 0 Å². The Hall–Kier alpha value is -7.64. The summed E-state index contributed by atoms with van der Waals surface area (Å²) < 4.78 is 0. The van der Waals surface area contributed by atoms with Gasteiger partial charge in [-0.15, -0.1) is 0 Å². The number of carbonyl (C=O) groups is 12. The number of primary amides is 1. The Bertz CT molecular complexity index is 2330. The van der Waals surface area contributed by atoms with Gasteiger partial charge in [0.15, 0.2) is 0 Å². The van der Waals surface area contributed by atoms with Gasteiger partial charge in [0, 0.05) is 30.4 Å². The first-order valence-electron chi connectivity index (χ1n) is 23.7. The lowest BCUT2D eigenvalue weighted by Gasteiger charge is -2.30. The van der Waals surface area contributed by atoms with E-state index in [2.05, 4.69) is 52.8 Å². The quantitative estimate of drug-likeness (QED) is 0.0379. The predicted octanol–water partition coefficient (Wildman–Crippen LogP) is -2.69. The molecular formula is C47H71N11O15. The van der Waals surface area contributed by atoms with Crippen molar-refractivity contribution < 1.29 is 72.9 Å². The number of rotatable bonds is 30. The van der Waals surface area contributed by atoms with E-state index < -0.39 is 157 Å². The highest BCUT2D eigenvalue weighted by molar-refractivity contribution is 5.99. The van der Waals surface area contributed by atoms with Gasteiger partial charge < -0.3 is 73.9 Å². The Morgan fingerprint density at radius 3 is 1.68 bits per heavy atom. The minimum Gasteiger partial charge on any atom is -0.481 e. The Morgan fingerprint density at radius 1 is 0.616 bits per heavy atom. The average molecular weight is 1030 g/mol. The van der Waals surface area contributed by atoms with Crippen LogP contribution in [0.4, 0.5) is 0 Å². The highest BCUT2D eigenvalue weighted by atomic mass is 16.4. The van der Waals surface area contributed by atoms with E-state index in [9.17, 15) is 72.9 Å². The van der Waals surface area contributed by atoms with Crippen molar-refractivity contribution in [2.45, 2.75) is 149 Å². The van der Waals surface area contributed by atoms with Crippen molar-refractivity contribution in [3.63, 3.8) is 0 Å². The fourth-order valence-electron chi connectivity index (χ4n) is 7.32. The van der Waals surface area contributed by atoms with Gasteiger partial charge in [0.25, 0.3) is 0 Å². The highest BCUT2D eigenvalue weighted by Gasteiger charge is 2.37. The number of carboxylic acids is 2. The summed E-state index contributed by atoms with van der Waals surface area (Å²) in [4.78, 5) is 158. The molecule has 2 aromatic rings. The second kappa shape index (κ2) is 29.0. The third kappa shape index (κ3) is 20.2. The molecule has 0 aliphatic carbocycles. The van der Waals surface area contributed by atoms with Crippen LogP contribution in [-0.2, 0) is 64.0 Å². The normalized spacial score (nSPS) is 15.3. The molecule has 0 aliphatic heterocycles. The van der Waals surface area contributed by atoms with E-state index in [1.807, 2.05) is 24.3 Å². The van der Waals surface area contributed by atoms with Crippen molar-refractivity contribution in [1.82, 2.24) is 52.8 Å². The number of carbonyl (C=O) groups excluding carboxylic acids is 10. The number of aliphatic hydroxyl groups is 1. The second-order valence-electron chi connectivity index (χ2n) is 18.6. The zero-order chi connectivity index (χ0) is 55.4. The van der Waals surface area contributed by atoms with Crippen LogP contribution in [0.1, 0.15) is 93.6 Å². The van der Waals surface area contributed by atoms with Crippen LogP contribution in [-0.4, -0.2) is 152 Å². The van der Waals surface area contributed by atoms with Crippen molar-refractivity contribution in [2.75, 3.05) is 6.54 Å². The summed E-state index contributed by atoms with van der Waals surface area (Å²) in [7, 11) is 0. The van der Waals surface area contributed by atoms with Crippen LogP contribution in [0, 0.1) is 17.8 Å². The van der Waals surface area contributed by atoms with Crippen LogP contribution in [0.5, 0.6) is 0 Å². The molecule has 0 aliphatic rings. The first kappa shape index (κ1) is 61.5. The number of amides is 10. The zero-order valence-electron chi connectivity index (χ0n) is 42.4. The monoisotopic (exact) mass is 1030 g/mol. The summed E-state index contributed by atoms with van der Waals surface area (Å²) in [6.07, 6.45) is -1.46. The van der Waals surface area contributed by atoms with Gasteiger partial charge in [-0.2, -0.15) is 0 Å². The van der Waals surface area contributed by atoms with Crippen molar-refractivity contribution in [3.8, 4) is 0 Å². The third-order valence-corrected chi connectivity index (χ3v) is 11.5. The average Bonchev–Trinajstić information content (AvgIpc) is 3.70. The number of fused-ring (bicyclic) bond motifs is 1. The maximum atomic E-state index is 13.9. The fourth-order valence-corrected chi connectivity index (χ4v) is 7.32. The van der Waals surface area contributed by atoms with Crippen LogP contribution in [0.15, 0.2) is 30.5 Å². The molecule has 0 fully saturated rings. The standard InChI is InChI=1S/C47H71N11O15/c1-10-23(6)38(45(70)54-31(17-34(48)61)42(67)53-32(18-36(63)64)43(68)55-33(47(72)73)15-21(2)3)58-44(69)37(22(4)5)57-46(71)39(25(8)59)56-35(62)20-50-40(65)24(7)51-41(66)30(52-26(9)60)16-27-19-49-29-14-12-11-13-28(27)29/h11-14,19,21-25,30-33,37-39,49,59H,10,15-18,20H2,1-9H3,(H2,48,61)(H,50,65)(H,51,66)(H,52,60)(H,53,67)(H,54,70)(H,55,68)(H,56,62)(H,57,71)(H,58,69)(H,63,64)(H,72,73)/t23-,24-,25+,30-,31-,32-,33-,37-,38-,39-/m0/s1. The maximum absolute atomic E-state index is 13.9. The van der Waals surface area contributed by atoms with E-state index >= 15 is 0 Å². The molecular weight excluding hydrogens is 959 g/mol. The van der Waals surface area contributed by atoms with Crippen LogP contribution in [0.2, 0.25) is 0 Å². The summed E-state index contributed by atoms with van der Waals surface area (Å²) in [6, 6.07) is -4.69. The molecule has 0 saturated carbocycles. The maximum Gasteiger partial charge on any atom is 0.326 e. The number of aliphatic hydroxyl groups excluding tert-OH is 1. The molecule has 26 nitrogen and oxygen atoms in total. The summed E-state index contributed by atoms with van der Waals surface area (Å²) in [6.45, 7) is 12.7. The molecule has 2 rings (SSSR count). The van der Waals surface area contributed by atoms with Crippen LogP contribution < -0.4 is 53.6 Å². The molecule has 26 heteroatoms. The molecule has 0 saturated heterocycles. The molecule has 0 radical (unpaired) electrons. The lowest BCUT2D eigenvalue weighted by molar-refractivity contribution is -0.144. The fraction of sp³-hybridized carbons (Fsp3) is 0.574. The van der Waals surface area contributed by atoms with Gasteiger partial charge in [0.1, 0.15) is 48.3 Å². The molecule has 404 valence electrons. The number of benzene rings is 1. The number of aromatic nitrogens is 1. The first-order chi connectivity index (χ1) is 34.1.